The van der Waals surface area contributed by atoms with Gasteiger partial charge in [0.2, 0.25) is 0 Å². The SMILES string of the molecule is CN=C(NC)NCC(c1cccs1)N1CCCC1.I. The molecule has 1 atom stereocenters. The molecule has 0 aromatic carbocycles. The van der Waals surface area contributed by atoms with Crippen molar-refractivity contribution in [1.29, 1.82) is 0 Å². The van der Waals surface area contributed by atoms with Gasteiger partial charge in [0.15, 0.2) is 5.96 Å². The van der Waals surface area contributed by atoms with E-state index in [-0.39, 0.29) is 24.0 Å². The van der Waals surface area contributed by atoms with Crippen molar-refractivity contribution in [3.63, 3.8) is 0 Å². The first-order valence-corrected chi connectivity index (χ1v) is 7.39. The van der Waals surface area contributed by atoms with Gasteiger partial charge in [-0.05, 0) is 37.4 Å². The quantitative estimate of drug-likeness (QED) is 0.468. The van der Waals surface area contributed by atoms with Crippen molar-refractivity contribution in [2.45, 2.75) is 18.9 Å². The van der Waals surface area contributed by atoms with Crippen molar-refractivity contribution in [3.05, 3.63) is 22.4 Å². The van der Waals surface area contributed by atoms with Crippen LogP contribution in [0.4, 0.5) is 0 Å². The van der Waals surface area contributed by atoms with Crippen molar-refractivity contribution in [3.8, 4) is 0 Å². The summed E-state index contributed by atoms with van der Waals surface area (Å²) in [5.41, 5.74) is 0. The van der Waals surface area contributed by atoms with Crippen molar-refractivity contribution >= 4 is 41.3 Å². The lowest BCUT2D eigenvalue weighted by atomic mass is 10.2. The fourth-order valence-corrected chi connectivity index (χ4v) is 3.28. The zero-order valence-electron chi connectivity index (χ0n) is 11.6. The highest BCUT2D eigenvalue weighted by Gasteiger charge is 2.24. The molecule has 0 aliphatic carbocycles. The van der Waals surface area contributed by atoms with Gasteiger partial charge in [0.25, 0.3) is 0 Å². The number of hydrogen-bond donors (Lipinski definition) is 2. The molecule has 1 saturated heterocycles. The van der Waals surface area contributed by atoms with Crippen LogP contribution in [0.1, 0.15) is 23.8 Å². The van der Waals surface area contributed by atoms with Crippen LogP contribution in [0.3, 0.4) is 0 Å². The summed E-state index contributed by atoms with van der Waals surface area (Å²) in [6.45, 7) is 3.33. The molecule has 4 nitrogen and oxygen atoms in total. The van der Waals surface area contributed by atoms with Gasteiger partial charge in [-0.2, -0.15) is 0 Å². The molecule has 0 amide bonds. The molecule has 0 saturated carbocycles. The Balaban J connectivity index is 0.00000180. The third kappa shape index (κ3) is 4.61. The summed E-state index contributed by atoms with van der Waals surface area (Å²) in [4.78, 5) is 8.18. The number of halogens is 1. The highest BCUT2D eigenvalue weighted by molar-refractivity contribution is 14.0. The van der Waals surface area contributed by atoms with Gasteiger partial charge in [0.05, 0.1) is 6.04 Å². The summed E-state index contributed by atoms with van der Waals surface area (Å²) < 4.78 is 0. The summed E-state index contributed by atoms with van der Waals surface area (Å²) in [7, 11) is 3.69. The third-order valence-corrected chi connectivity index (χ3v) is 4.35. The molecule has 1 aliphatic heterocycles. The van der Waals surface area contributed by atoms with Crippen molar-refractivity contribution in [2.75, 3.05) is 33.7 Å². The van der Waals surface area contributed by atoms with E-state index in [4.69, 9.17) is 0 Å². The van der Waals surface area contributed by atoms with Crippen LogP contribution in [0.2, 0.25) is 0 Å². The Hall–Kier alpha value is -0.340. The Kier molecular flexibility index (Phi) is 7.70. The van der Waals surface area contributed by atoms with Crippen LogP contribution in [0.25, 0.3) is 0 Å². The van der Waals surface area contributed by atoms with Crippen LogP contribution >= 0.6 is 35.3 Å². The standard InChI is InChI=1S/C13H22N4S.HI/c1-14-13(15-2)16-10-11(12-6-5-9-18-12)17-7-3-4-8-17;/h5-6,9,11H,3-4,7-8,10H2,1-2H3,(H2,14,15,16);1H. The molecule has 6 heteroatoms. The number of thiophene rings is 1. The highest BCUT2D eigenvalue weighted by atomic mass is 127. The van der Waals surface area contributed by atoms with Gasteiger partial charge >= 0.3 is 0 Å². The van der Waals surface area contributed by atoms with E-state index in [1.165, 1.54) is 30.8 Å². The molecule has 0 spiro atoms. The Morgan fingerprint density at radius 3 is 2.74 bits per heavy atom. The molecule has 2 heterocycles. The molecule has 1 fully saturated rings. The van der Waals surface area contributed by atoms with Gasteiger partial charge in [-0.1, -0.05) is 6.07 Å². The average molecular weight is 394 g/mol. The van der Waals surface area contributed by atoms with Crippen LogP contribution in [0.15, 0.2) is 22.5 Å². The first-order chi connectivity index (χ1) is 8.85. The average Bonchev–Trinajstić information content (AvgIpc) is 3.07. The summed E-state index contributed by atoms with van der Waals surface area (Å²) in [6.07, 6.45) is 2.64. The Bertz CT molecular complexity index is 374. The lowest BCUT2D eigenvalue weighted by Gasteiger charge is -2.27. The van der Waals surface area contributed by atoms with E-state index >= 15 is 0 Å². The number of likely N-dealkylation sites (tertiary alicyclic amines) is 1. The minimum Gasteiger partial charge on any atom is -0.359 e. The Morgan fingerprint density at radius 2 is 2.21 bits per heavy atom. The minimum absolute atomic E-state index is 0. The second-order valence-corrected chi connectivity index (χ2v) is 5.46. The van der Waals surface area contributed by atoms with Crippen LogP contribution in [0.5, 0.6) is 0 Å². The van der Waals surface area contributed by atoms with Gasteiger partial charge in [-0.25, -0.2) is 0 Å². The van der Waals surface area contributed by atoms with Gasteiger partial charge in [0.1, 0.15) is 0 Å². The maximum atomic E-state index is 4.17. The molecule has 1 aromatic rings. The van der Waals surface area contributed by atoms with E-state index in [0.717, 1.165) is 12.5 Å². The van der Waals surface area contributed by atoms with Crippen LogP contribution < -0.4 is 10.6 Å². The predicted octanol–water partition coefficient (Wildman–Crippen LogP) is 2.30. The predicted molar refractivity (Wildman–Crippen MR) is 93.7 cm³/mol. The van der Waals surface area contributed by atoms with E-state index in [9.17, 15) is 0 Å². The molecule has 19 heavy (non-hydrogen) atoms. The Labute approximate surface area is 136 Å². The maximum Gasteiger partial charge on any atom is 0.190 e. The van der Waals surface area contributed by atoms with Gasteiger partial charge < -0.3 is 10.6 Å². The molecule has 2 rings (SSSR count). The molecule has 2 N–H and O–H groups in total. The number of rotatable bonds is 4. The topological polar surface area (TPSA) is 39.7 Å². The van der Waals surface area contributed by atoms with Crippen LogP contribution in [-0.2, 0) is 0 Å². The van der Waals surface area contributed by atoms with Crippen molar-refractivity contribution in [2.24, 2.45) is 4.99 Å². The molecular formula is C13H23IN4S. The molecule has 0 bridgehead atoms. The number of guanidine groups is 1. The lowest BCUT2D eigenvalue weighted by molar-refractivity contribution is 0.249. The fraction of sp³-hybridized carbons (Fsp3) is 0.615. The second kappa shape index (κ2) is 8.76. The summed E-state index contributed by atoms with van der Waals surface area (Å²) in [5, 5.41) is 8.61. The maximum absolute atomic E-state index is 4.17. The van der Waals surface area contributed by atoms with Gasteiger partial charge in [0, 0.05) is 25.5 Å². The molecule has 1 aromatic heterocycles. The lowest BCUT2D eigenvalue weighted by Crippen LogP contribution is -2.41. The molecule has 1 unspecified atom stereocenters. The third-order valence-electron chi connectivity index (χ3n) is 3.38. The monoisotopic (exact) mass is 394 g/mol. The highest BCUT2D eigenvalue weighted by Crippen LogP contribution is 2.27. The normalized spacial score (nSPS) is 17.9. The minimum atomic E-state index is 0. The smallest absolute Gasteiger partial charge is 0.190 e. The second-order valence-electron chi connectivity index (χ2n) is 4.48. The van der Waals surface area contributed by atoms with E-state index in [0.29, 0.717) is 6.04 Å². The van der Waals surface area contributed by atoms with E-state index in [1.807, 2.05) is 18.4 Å². The zero-order chi connectivity index (χ0) is 12.8. The molecule has 0 radical (unpaired) electrons. The van der Waals surface area contributed by atoms with Gasteiger partial charge in [-0.3, -0.25) is 9.89 Å². The van der Waals surface area contributed by atoms with Gasteiger partial charge in [-0.15, -0.1) is 35.3 Å². The Morgan fingerprint density at radius 1 is 1.47 bits per heavy atom. The summed E-state index contributed by atoms with van der Waals surface area (Å²) >= 11 is 1.84. The zero-order valence-corrected chi connectivity index (χ0v) is 14.7. The van der Waals surface area contributed by atoms with Crippen LogP contribution in [0, 0.1) is 0 Å². The van der Waals surface area contributed by atoms with Crippen molar-refractivity contribution in [1.82, 2.24) is 15.5 Å². The van der Waals surface area contributed by atoms with Crippen molar-refractivity contribution < 1.29 is 0 Å². The summed E-state index contributed by atoms with van der Waals surface area (Å²) in [5.74, 6) is 0.857. The van der Waals surface area contributed by atoms with Crippen LogP contribution in [-0.4, -0.2) is 44.6 Å². The first-order valence-electron chi connectivity index (χ1n) is 6.51. The van der Waals surface area contributed by atoms with E-state index in [1.54, 1.807) is 7.05 Å². The molecular weight excluding hydrogens is 371 g/mol. The number of nitrogens with zero attached hydrogens (tertiary/aromatic N) is 2. The van der Waals surface area contributed by atoms with E-state index in [2.05, 4.69) is 38.0 Å². The van der Waals surface area contributed by atoms with E-state index < -0.39 is 0 Å². The fourth-order valence-electron chi connectivity index (χ4n) is 2.42. The molecule has 1 aliphatic rings. The number of hydrogen-bond acceptors (Lipinski definition) is 3. The number of aliphatic imine (C=N–C) groups is 1. The first kappa shape index (κ1) is 16.7. The summed E-state index contributed by atoms with van der Waals surface area (Å²) in [6, 6.07) is 4.84. The molecule has 108 valence electrons. The largest absolute Gasteiger partial charge is 0.359 e. The number of nitrogens with one attached hydrogen (secondary N) is 2.